The van der Waals surface area contributed by atoms with Gasteiger partial charge in [0.15, 0.2) is 0 Å². The molecule has 0 aliphatic rings. The molecule has 0 saturated heterocycles. The molecule has 2 aromatic rings. The van der Waals surface area contributed by atoms with Crippen LogP contribution in [0.1, 0.15) is 49.9 Å². The van der Waals surface area contributed by atoms with Gasteiger partial charge in [-0.3, -0.25) is 9.36 Å². The van der Waals surface area contributed by atoms with E-state index in [1.54, 1.807) is 15.6 Å². The van der Waals surface area contributed by atoms with Crippen molar-refractivity contribution in [2.75, 3.05) is 0 Å². The first-order valence-corrected chi connectivity index (χ1v) is 6.76. The summed E-state index contributed by atoms with van der Waals surface area (Å²) in [5.41, 5.74) is 2.29. The van der Waals surface area contributed by atoms with E-state index >= 15 is 0 Å². The molecule has 0 spiro atoms. The highest BCUT2D eigenvalue weighted by molar-refractivity contribution is 6.31. The average Bonchev–Trinajstić information content (AvgIpc) is 2.91. The van der Waals surface area contributed by atoms with Gasteiger partial charge >= 0.3 is 0 Å². The molecule has 0 bridgehead atoms. The molecule has 104 valence electrons. The van der Waals surface area contributed by atoms with E-state index in [0.717, 1.165) is 17.7 Å². The highest BCUT2D eigenvalue weighted by Gasteiger charge is 2.24. The third-order valence-electron chi connectivity index (χ3n) is 3.10. The Morgan fingerprint density at radius 1 is 1.42 bits per heavy atom. The number of hydrogen-bond acceptors (Lipinski definition) is 3. The van der Waals surface area contributed by atoms with Gasteiger partial charge in [-0.25, -0.2) is 0 Å². The summed E-state index contributed by atoms with van der Waals surface area (Å²) in [6.07, 6.45) is 3.36. The monoisotopic (exact) mass is 282 g/mol. The van der Waals surface area contributed by atoms with Crippen LogP contribution in [0.3, 0.4) is 0 Å². The van der Waals surface area contributed by atoms with E-state index in [9.17, 15) is 5.11 Å². The van der Waals surface area contributed by atoms with Gasteiger partial charge in [0.1, 0.15) is 6.10 Å². The number of hydrogen-bond donors (Lipinski definition) is 1. The predicted molar refractivity (Wildman–Crippen MR) is 74.3 cm³/mol. The van der Waals surface area contributed by atoms with Crippen molar-refractivity contribution in [1.82, 2.24) is 19.6 Å². The molecule has 0 aromatic carbocycles. The third-order valence-corrected chi connectivity index (χ3v) is 3.39. The van der Waals surface area contributed by atoms with Crippen molar-refractivity contribution >= 4 is 11.6 Å². The lowest BCUT2D eigenvalue weighted by Crippen LogP contribution is -2.13. The van der Waals surface area contributed by atoms with Crippen molar-refractivity contribution in [3.63, 3.8) is 0 Å². The summed E-state index contributed by atoms with van der Waals surface area (Å²) in [5, 5.41) is 19.7. The zero-order valence-electron chi connectivity index (χ0n) is 11.6. The molecule has 0 saturated carbocycles. The quantitative estimate of drug-likeness (QED) is 0.937. The second-order valence-electron chi connectivity index (χ2n) is 4.88. The summed E-state index contributed by atoms with van der Waals surface area (Å²) in [5.74, 6) is 0. The smallest absolute Gasteiger partial charge is 0.125 e. The second-order valence-corrected chi connectivity index (χ2v) is 5.28. The van der Waals surface area contributed by atoms with Crippen LogP contribution in [-0.2, 0) is 13.5 Å². The van der Waals surface area contributed by atoms with Crippen molar-refractivity contribution in [2.45, 2.75) is 39.3 Å². The molecule has 0 aliphatic heterocycles. The van der Waals surface area contributed by atoms with E-state index in [1.807, 2.05) is 34.0 Å². The second kappa shape index (κ2) is 5.35. The van der Waals surface area contributed by atoms with Crippen LogP contribution >= 0.6 is 11.6 Å². The predicted octanol–water partition coefficient (Wildman–Crippen LogP) is 2.50. The van der Waals surface area contributed by atoms with Crippen LogP contribution in [0.2, 0.25) is 5.02 Å². The van der Waals surface area contributed by atoms with Gasteiger partial charge in [-0.15, -0.1) is 0 Å². The molecule has 2 heterocycles. The van der Waals surface area contributed by atoms with Crippen LogP contribution in [0.5, 0.6) is 0 Å². The van der Waals surface area contributed by atoms with Crippen molar-refractivity contribution < 1.29 is 5.11 Å². The molecule has 1 unspecified atom stereocenters. The molecule has 0 radical (unpaired) electrons. The van der Waals surface area contributed by atoms with Crippen molar-refractivity contribution in [1.29, 1.82) is 0 Å². The van der Waals surface area contributed by atoms with Gasteiger partial charge in [0.2, 0.25) is 0 Å². The van der Waals surface area contributed by atoms with Crippen LogP contribution < -0.4 is 0 Å². The van der Waals surface area contributed by atoms with Crippen LogP contribution in [0.4, 0.5) is 0 Å². The minimum absolute atomic E-state index is 0.138. The molecule has 0 aliphatic carbocycles. The molecule has 2 aromatic heterocycles. The van der Waals surface area contributed by atoms with Gasteiger partial charge in [-0.2, -0.15) is 10.2 Å². The zero-order valence-corrected chi connectivity index (χ0v) is 12.4. The van der Waals surface area contributed by atoms with Gasteiger partial charge in [0.05, 0.1) is 22.6 Å². The minimum atomic E-state index is -0.805. The Balaban J connectivity index is 2.49. The number of aliphatic hydroxyl groups is 1. The van der Waals surface area contributed by atoms with E-state index in [1.165, 1.54) is 0 Å². The molecule has 1 atom stereocenters. The van der Waals surface area contributed by atoms with Crippen molar-refractivity contribution in [3.8, 4) is 0 Å². The van der Waals surface area contributed by atoms with E-state index in [-0.39, 0.29) is 6.04 Å². The fraction of sp³-hybridized carbons (Fsp3) is 0.538. The van der Waals surface area contributed by atoms with E-state index in [0.29, 0.717) is 10.7 Å². The van der Waals surface area contributed by atoms with Gasteiger partial charge < -0.3 is 5.11 Å². The molecule has 0 fully saturated rings. The van der Waals surface area contributed by atoms with Crippen LogP contribution in [0.25, 0.3) is 0 Å². The molecule has 6 heteroatoms. The standard InChI is InChI=1S/C13H19ClN4O/c1-5-11-9(7-17(4)16-11)13(19)12-10(14)6-15-18(12)8(2)3/h6-8,13,19H,5H2,1-4H3. The summed E-state index contributed by atoms with van der Waals surface area (Å²) < 4.78 is 3.46. The maximum Gasteiger partial charge on any atom is 0.125 e. The molecule has 5 nitrogen and oxygen atoms in total. The Kier molecular flexibility index (Phi) is 3.96. The van der Waals surface area contributed by atoms with Gasteiger partial charge in [0, 0.05) is 24.8 Å². The minimum Gasteiger partial charge on any atom is -0.382 e. The first-order valence-electron chi connectivity index (χ1n) is 6.39. The summed E-state index contributed by atoms with van der Waals surface area (Å²) in [4.78, 5) is 0. The fourth-order valence-corrected chi connectivity index (χ4v) is 2.45. The molecular formula is C13H19ClN4O. The average molecular weight is 283 g/mol. The Labute approximate surface area is 117 Å². The number of nitrogens with zero attached hydrogens (tertiary/aromatic N) is 4. The molecular weight excluding hydrogens is 264 g/mol. The van der Waals surface area contributed by atoms with E-state index in [4.69, 9.17) is 11.6 Å². The van der Waals surface area contributed by atoms with Gasteiger partial charge in [-0.05, 0) is 20.3 Å². The van der Waals surface area contributed by atoms with Crippen LogP contribution in [-0.4, -0.2) is 24.7 Å². The number of aliphatic hydroxyl groups excluding tert-OH is 1. The SMILES string of the molecule is CCc1nn(C)cc1C(O)c1c(Cl)cnn1C(C)C. The van der Waals surface area contributed by atoms with E-state index in [2.05, 4.69) is 10.2 Å². The Bertz CT molecular complexity index is 573. The number of halogens is 1. The topological polar surface area (TPSA) is 55.9 Å². The molecule has 0 amide bonds. The van der Waals surface area contributed by atoms with Crippen LogP contribution in [0.15, 0.2) is 12.4 Å². The normalized spacial score (nSPS) is 13.2. The Hall–Kier alpha value is -1.33. The summed E-state index contributed by atoms with van der Waals surface area (Å²) >= 11 is 6.17. The molecule has 2 rings (SSSR count). The number of aromatic nitrogens is 4. The third kappa shape index (κ3) is 2.53. The van der Waals surface area contributed by atoms with Gasteiger partial charge in [-0.1, -0.05) is 18.5 Å². The van der Waals surface area contributed by atoms with Gasteiger partial charge in [0.25, 0.3) is 0 Å². The highest BCUT2D eigenvalue weighted by Crippen LogP contribution is 2.31. The van der Waals surface area contributed by atoms with E-state index < -0.39 is 6.10 Å². The number of rotatable bonds is 4. The molecule has 19 heavy (non-hydrogen) atoms. The molecule has 1 N–H and O–H groups in total. The summed E-state index contributed by atoms with van der Waals surface area (Å²) in [6, 6.07) is 0.138. The maximum absolute atomic E-state index is 10.6. The van der Waals surface area contributed by atoms with Crippen molar-refractivity contribution in [2.24, 2.45) is 7.05 Å². The lowest BCUT2D eigenvalue weighted by molar-refractivity contribution is 0.204. The lowest BCUT2D eigenvalue weighted by atomic mass is 10.1. The fourth-order valence-electron chi connectivity index (χ4n) is 2.22. The maximum atomic E-state index is 10.6. The first kappa shape index (κ1) is 14.1. The van der Waals surface area contributed by atoms with Crippen molar-refractivity contribution in [3.05, 3.63) is 34.4 Å². The number of aryl methyl sites for hydroxylation is 2. The zero-order chi connectivity index (χ0) is 14.2. The highest BCUT2D eigenvalue weighted by atomic mass is 35.5. The summed E-state index contributed by atoms with van der Waals surface area (Å²) in [6.45, 7) is 6.02. The largest absolute Gasteiger partial charge is 0.382 e. The lowest BCUT2D eigenvalue weighted by Gasteiger charge is -2.16. The Morgan fingerprint density at radius 2 is 2.11 bits per heavy atom. The van der Waals surface area contributed by atoms with Crippen LogP contribution in [0, 0.1) is 0 Å². The summed E-state index contributed by atoms with van der Waals surface area (Å²) in [7, 11) is 1.84. The Morgan fingerprint density at radius 3 is 2.68 bits per heavy atom. The first-order chi connectivity index (χ1) is 8.95.